The average Bonchev–Trinajstić information content (AvgIpc) is 2.60. The fourth-order valence-electron chi connectivity index (χ4n) is 4.01. The van der Waals surface area contributed by atoms with Crippen LogP contribution >= 0.6 is 0 Å². The Morgan fingerprint density at radius 1 is 0.704 bits per heavy atom. The van der Waals surface area contributed by atoms with Gasteiger partial charge in [-0.2, -0.15) is 0 Å². The van der Waals surface area contributed by atoms with Crippen molar-refractivity contribution in [3.8, 4) is 0 Å². The molecule has 0 spiro atoms. The molecule has 0 aromatic carbocycles. The van der Waals surface area contributed by atoms with Gasteiger partial charge in [-0.15, -0.1) is 0 Å². The number of hydrogen-bond acceptors (Lipinski definition) is 2. The van der Waals surface area contributed by atoms with Gasteiger partial charge in [-0.05, 0) is 24.7 Å². The molecule has 0 aliphatic rings. The predicted molar refractivity (Wildman–Crippen MR) is 118 cm³/mol. The van der Waals surface area contributed by atoms with Crippen molar-refractivity contribution < 1.29 is 9.90 Å². The monoisotopic (exact) mass is 383 g/mol. The average molecular weight is 384 g/mol. The van der Waals surface area contributed by atoms with Crippen LogP contribution in [0, 0.1) is 11.8 Å². The van der Waals surface area contributed by atoms with Crippen molar-refractivity contribution in [1.29, 1.82) is 0 Å². The number of nitrogens with zero attached hydrogens (tertiary/aromatic N) is 1. The Balaban J connectivity index is 4.01. The molecule has 0 amide bonds. The Hall–Kier alpha value is -0.570. The molecule has 0 aliphatic heterocycles. The maximum absolute atomic E-state index is 11.3. The largest absolute Gasteiger partial charge is 0.480 e. The molecule has 0 fully saturated rings. The lowest BCUT2D eigenvalue weighted by Gasteiger charge is -2.27. The molecule has 2 unspecified atom stereocenters. The van der Waals surface area contributed by atoms with Gasteiger partial charge in [0.05, 0.1) is 6.54 Å². The van der Waals surface area contributed by atoms with Gasteiger partial charge in [0, 0.05) is 13.1 Å². The second-order valence-corrected chi connectivity index (χ2v) is 8.91. The van der Waals surface area contributed by atoms with Crippen LogP contribution in [0.3, 0.4) is 0 Å². The lowest BCUT2D eigenvalue weighted by Crippen LogP contribution is -2.36. The van der Waals surface area contributed by atoms with Crippen LogP contribution in [0.15, 0.2) is 0 Å². The molecule has 2 atom stereocenters. The minimum absolute atomic E-state index is 0.196. The highest BCUT2D eigenvalue weighted by Gasteiger charge is 2.16. The van der Waals surface area contributed by atoms with Crippen LogP contribution in [-0.2, 0) is 4.79 Å². The molecule has 0 aromatic rings. The Morgan fingerprint density at radius 2 is 1.07 bits per heavy atom. The third-order valence-electron chi connectivity index (χ3n) is 5.60. The van der Waals surface area contributed by atoms with Crippen molar-refractivity contribution in [2.45, 2.75) is 118 Å². The van der Waals surface area contributed by atoms with E-state index >= 15 is 0 Å². The fraction of sp³-hybridized carbons (Fsp3) is 0.958. The molecule has 3 nitrogen and oxygen atoms in total. The summed E-state index contributed by atoms with van der Waals surface area (Å²) < 4.78 is 0. The minimum atomic E-state index is -0.687. The van der Waals surface area contributed by atoms with Gasteiger partial charge in [-0.25, -0.2) is 0 Å². The number of hydrogen-bond donors (Lipinski definition) is 1. The van der Waals surface area contributed by atoms with Crippen molar-refractivity contribution in [1.82, 2.24) is 4.90 Å². The first-order valence-electron chi connectivity index (χ1n) is 11.9. The van der Waals surface area contributed by atoms with Crippen molar-refractivity contribution in [3.05, 3.63) is 0 Å². The quantitative estimate of drug-likeness (QED) is 0.227. The van der Waals surface area contributed by atoms with Gasteiger partial charge in [0.15, 0.2) is 0 Å². The van der Waals surface area contributed by atoms with Crippen molar-refractivity contribution in [2.75, 3.05) is 19.6 Å². The van der Waals surface area contributed by atoms with E-state index in [2.05, 4.69) is 32.6 Å². The smallest absolute Gasteiger partial charge is 0.317 e. The van der Waals surface area contributed by atoms with Gasteiger partial charge in [0.25, 0.3) is 0 Å². The van der Waals surface area contributed by atoms with E-state index in [-0.39, 0.29) is 6.54 Å². The predicted octanol–water partition coefficient (Wildman–Crippen LogP) is 7.15. The van der Waals surface area contributed by atoms with Gasteiger partial charge >= 0.3 is 5.97 Å². The molecule has 3 heteroatoms. The molecule has 0 aliphatic carbocycles. The lowest BCUT2D eigenvalue weighted by atomic mass is 9.99. The summed E-state index contributed by atoms with van der Waals surface area (Å²) in [4.78, 5) is 13.4. The Kier molecular flexibility index (Phi) is 18.4. The first-order valence-corrected chi connectivity index (χ1v) is 11.9. The zero-order valence-corrected chi connectivity index (χ0v) is 19.0. The number of rotatable bonds is 20. The van der Waals surface area contributed by atoms with Crippen LogP contribution in [0.4, 0.5) is 0 Å². The van der Waals surface area contributed by atoms with E-state index in [1.165, 1.54) is 89.9 Å². The summed E-state index contributed by atoms with van der Waals surface area (Å²) in [6.07, 6.45) is 18.5. The maximum Gasteiger partial charge on any atom is 0.317 e. The van der Waals surface area contributed by atoms with E-state index in [4.69, 9.17) is 0 Å². The van der Waals surface area contributed by atoms with E-state index in [1.54, 1.807) is 0 Å². The molecule has 0 saturated carbocycles. The summed E-state index contributed by atoms with van der Waals surface area (Å²) in [5.74, 6) is 0.502. The molecule has 1 N–H and O–H groups in total. The minimum Gasteiger partial charge on any atom is -0.480 e. The normalized spacial score (nSPS) is 13.8. The number of carboxylic acids is 1. The van der Waals surface area contributed by atoms with Gasteiger partial charge in [0.1, 0.15) is 0 Å². The van der Waals surface area contributed by atoms with Crippen molar-refractivity contribution in [3.63, 3.8) is 0 Å². The highest BCUT2D eigenvalue weighted by atomic mass is 16.4. The molecule has 162 valence electrons. The Labute approximate surface area is 170 Å². The van der Waals surface area contributed by atoms with Gasteiger partial charge in [-0.1, -0.05) is 105 Å². The number of unbranched alkanes of at least 4 members (excludes halogenated alkanes) is 10. The Morgan fingerprint density at radius 3 is 1.44 bits per heavy atom. The second kappa shape index (κ2) is 18.8. The molecule has 0 saturated heterocycles. The van der Waals surface area contributed by atoms with Crippen LogP contribution < -0.4 is 0 Å². The molecule has 27 heavy (non-hydrogen) atoms. The highest BCUT2D eigenvalue weighted by molar-refractivity contribution is 5.69. The van der Waals surface area contributed by atoms with E-state index in [1.807, 2.05) is 0 Å². The standard InChI is InChI=1S/C24H49NO2/c1-5-7-9-11-13-15-17-22(3)19-25(21-24(26)27)20-23(4)18-16-14-12-10-8-6-2/h22-23H,5-21H2,1-4H3,(H,26,27). The van der Waals surface area contributed by atoms with Gasteiger partial charge < -0.3 is 5.11 Å². The molecular formula is C24H49NO2. The van der Waals surface area contributed by atoms with E-state index in [0.717, 1.165) is 13.1 Å². The first-order chi connectivity index (χ1) is 13.0. The van der Waals surface area contributed by atoms with Crippen molar-refractivity contribution in [2.24, 2.45) is 11.8 Å². The van der Waals surface area contributed by atoms with Gasteiger partial charge in [-0.3, -0.25) is 9.69 Å². The molecular weight excluding hydrogens is 334 g/mol. The zero-order chi connectivity index (χ0) is 20.3. The number of carboxylic acid groups (broad SMARTS) is 1. The van der Waals surface area contributed by atoms with Crippen molar-refractivity contribution >= 4 is 5.97 Å². The summed E-state index contributed by atoms with van der Waals surface area (Å²) in [7, 11) is 0. The SMILES string of the molecule is CCCCCCCCC(C)CN(CC(=O)O)CC(C)CCCCCCCC. The fourth-order valence-corrected chi connectivity index (χ4v) is 4.01. The number of carbonyl (C=O) groups is 1. The van der Waals surface area contributed by atoms with E-state index in [0.29, 0.717) is 11.8 Å². The van der Waals surface area contributed by atoms with Crippen LogP contribution in [-0.4, -0.2) is 35.6 Å². The van der Waals surface area contributed by atoms with Gasteiger partial charge in [0.2, 0.25) is 0 Å². The van der Waals surface area contributed by atoms with Crippen LogP contribution in [0.25, 0.3) is 0 Å². The lowest BCUT2D eigenvalue weighted by molar-refractivity contribution is -0.138. The summed E-state index contributed by atoms with van der Waals surface area (Å²) in [5.41, 5.74) is 0. The Bertz CT molecular complexity index is 308. The molecule has 0 rings (SSSR count). The first kappa shape index (κ1) is 26.4. The molecule has 0 radical (unpaired) electrons. The summed E-state index contributed by atoms with van der Waals surface area (Å²) in [6.45, 7) is 11.2. The summed E-state index contributed by atoms with van der Waals surface area (Å²) in [6, 6.07) is 0. The van der Waals surface area contributed by atoms with Crippen LogP contribution in [0.2, 0.25) is 0 Å². The third kappa shape index (κ3) is 18.6. The van der Waals surface area contributed by atoms with E-state index in [9.17, 15) is 9.90 Å². The van der Waals surface area contributed by atoms with Crippen LogP contribution in [0.5, 0.6) is 0 Å². The third-order valence-corrected chi connectivity index (χ3v) is 5.60. The zero-order valence-electron chi connectivity index (χ0n) is 19.0. The van der Waals surface area contributed by atoms with Crippen LogP contribution in [0.1, 0.15) is 118 Å². The maximum atomic E-state index is 11.3. The molecule has 0 heterocycles. The highest BCUT2D eigenvalue weighted by Crippen LogP contribution is 2.17. The topological polar surface area (TPSA) is 40.5 Å². The summed E-state index contributed by atoms with van der Waals surface area (Å²) in [5, 5.41) is 9.26. The van der Waals surface area contributed by atoms with E-state index < -0.39 is 5.97 Å². The number of aliphatic carboxylic acids is 1. The summed E-state index contributed by atoms with van der Waals surface area (Å²) >= 11 is 0. The molecule has 0 aromatic heterocycles. The second-order valence-electron chi connectivity index (χ2n) is 8.91. The molecule has 0 bridgehead atoms.